The number of aromatic nitrogens is 1. The molecule has 2 atom stereocenters. The summed E-state index contributed by atoms with van der Waals surface area (Å²) >= 11 is 0. The first kappa shape index (κ1) is 19.5. The Morgan fingerprint density at radius 3 is 2.85 bits per heavy atom. The van der Waals surface area contributed by atoms with E-state index in [1.807, 2.05) is 18.2 Å². The number of nitrogens with one attached hydrogen (secondary N) is 1. The van der Waals surface area contributed by atoms with Crippen molar-refractivity contribution in [3.05, 3.63) is 35.0 Å². The van der Waals surface area contributed by atoms with Gasteiger partial charge in [0.2, 0.25) is 0 Å². The van der Waals surface area contributed by atoms with Gasteiger partial charge in [0.25, 0.3) is 0 Å². The van der Waals surface area contributed by atoms with E-state index in [2.05, 4.69) is 22.9 Å². The summed E-state index contributed by atoms with van der Waals surface area (Å²) in [6.45, 7) is 1.76. The molecular weight excluding hydrogens is 340 g/mol. The summed E-state index contributed by atoms with van der Waals surface area (Å²) in [5.41, 5.74) is 4.00. The molecule has 0 saturated heterocycles. The number of H-pyrrole nitrogens is 1. The van der Waals surface area contributed by atoms with Gasteiger partial charge in [-0.05, 0) is 56.5 Å². The topological polar surface area (TPSA) is 54.6 Å². The van der Waals surface area contributed by atoms with Crippen LogP contribution in [0.5, 0.6) is 0 Å². The number of methoxy groups -OCH3 is 2. The van der Waals surface area contributed by atoms with Crippen molar-refractivity contribution in [2.24, 2.45) is 0 Å². The maximum Gasteiger partial charge on any atom is 0.314 e. The van der Waals surface area contributed by atoms with Crippen LogP contribution in [0.3, 0.4) is 0 Å². The molecule has 0 fully saturated rings. The molecule has 0 bridgehead atoms. The summed E-state index contributed by atoms with van der Waals surface area (Å²) in [7, 11) is 5.33. The molecule has 0 spiro atoms. The van der Waals surface area contributed by atoms with Crippen molar-refractivity contribution in [1.82, 2.24) is 9.88 Å². The third-order valence-electron chi connectivity index (χ3n) is 5.55. The first-order valence-electron chi connectivity index (χ1n) is 9.47. The lowest BCUT2D eigenvalue weighted by molar-refractivity contribution is -0.142. The molecule has 0 radical (unpaired) electrons. The van der Waals surface area contributed by atoms with Gasteiger partial charge in [0, 0.05) is 42.4 Å². The van der Waals surface area contributed by atoms with Gasteiger partial charge in [-0.25, -0.2) is 0 Å². The average Bonchev–Trinajstić information content (AvgIpc) is 3.03. The number of ether oxygens (including phenoxy) is 2. The first-order valence-corrected chi connectivity index (χ1v) is 9.47. The van der Waals surface area contributed by atoms with E-state index < -0.39 is 0 Å². The van der Waals surface area contributed by atoms with Gasteiger partial charge in [0.05, 0.1) is 19.1 Å². The van der Waals surface area contributed by atoms with Crippen LogP contribution in [0.2, 0.25) is 0 Å². The van der Waals surface area contributed by atoms with Crippen LogP contribution in [0.15, 0.2) is 18.2 Å². The summed E-state index contributed by atoms with van der Waals surface area (Å²) in [6.07, 6.45) is 9.17. The van der Waals surface area contributed by atoms with Crippen LogP contribution >= 0.6 is 0 Å². The number of fused-ring (bicyclic) bond motifs is 3. The van der Waals surface area contributed by atoms with Crippen molar-refractivity contribution in [1.29, 1.82) is 0 Å². The molecule has 2 aromatic rings. The summed E-state index contributed by atoms with van der Waals surface area (Å²) in [4.78, 5) is 18.4. The highest BCUT2D eigenvalue weighted by Gasteiger charge is 2.28. The molecule has 0 saturated carbocycles. The zero-order valence-corrected chi connectivity index (χ0v) is 16.4. The Morgan fingerprint density at radius 1 is 1.33 bits per heavy atom. The second-order valence-corrected chi connectivity index (χ2v) is 7.30. The van der Waals surface area contributed by atoms with E-state index in [4.69, 9.17) is 15.9 Å². The fraction of sp³-hybridized carbons (Fsp3) is 0.500. The van der Waals surface area contributed by atoms with Gasteiger partial charge in [-0.3, -0.25) is 4.79 Å². The van der Waals surface area contributed by atoms with E-state index in [1.54, 1.807) is 7.11 Å². The molecule has 0 amide bonds. The fourth-order valence-electron chi connectivity index (χ4n) is 4.02. The lowest BCUT2D eigenvalue weighted by atomic mass is 9.93. The number of likely N-dealkylation sites (N-methyl/N-ethyl adjacent to an activating group) is 1. The maximum absolute atomic E-state index is 12.6. The molecule has 1 aromatic heterocycles. The van der Waals surface area contributed by atoms with Crippen molar-refractivity contribution < 1.29 is 14.3 Å². The minimum atomic E-state index is -0.299. The standard InChI is InChI=1S/C22H28N2O3/c1-5-15-9-10-20-19(13-15)17-11-12-24(2)14-16(26-3)7-6-8-18(21(17)23-20)22(25)27-4/h1,9-10,13,16,18,23H,6-8,11-12,14H2,2-4H3. The summed E-state index contributed by atoms with van der Waals surface area (Å²) in [5, 5.41) is 1.10. The van der Waals surface area contributed by atoms with E-state index >= 15 is 0 Å². The molecule has 1 N–H and O–H groups in total. The Morgan fingerprint density at radius 2 is 2.15 bits per heavy atom. The molecule has 27 heavy (non-hydrogen) atoms. The van der Waals surface area contributed by atoms with Gasteiger partial charge in [-0.2, -0.15) is 0 Å². The molecular formula is C22H28N2O3. The highest BCUT2D eigenvalue weighted by atomic mass is 16.5. The van der Waals surface area contributed by atoms with Gasteiger partial charge in [0.1, 0.15) is 0 Å². The minimum Gasteiger partial charge on any atom is -0.469 e. The Labute approximate surface area is 161 Å². The van der Waals surface area contributed by atoms with E-state index in [0.29, 0.717) is 0 Å². The maximum atomic E-state index is 12.6. The molecule has 2 heterocycles. The van der Waals surface area contributed by atoms with Crippen molar-refractivity contribution in [3.8, 4) is 12.3 Å². The quantitative estimate of drug-likeness (QED) is 0.654. The predicted molar refractivity (Wildman–Crippen MR) is 107 cm³/mol. The first-order chi connectivity index (χ1) is 13.1. The second kappa shape index (κ2) is 8.60. The third-order valence-corrected chi connectivity index (χ3v) is 5.55. The predicted octanol–water partition coefficient (Wildman–Crippen LogP) is 3.08. The normalized spacial score (nSPS) is 21.9. The number of esters is 1. The Bertz CT molecular complexity index is 849. The van der Waals surface area contributed by atoms with E-state index in [0.717, 1.165) is 60.9 Å². The molecule has 0 aliphatic carbocycles. The summed E-state index contributed by atoms with van der Waals surface area (Å²) in [5.74, 6) is 2.22. The van der Waals surface area contributed by atoms with Crippen molar-refractivity contribution in [3.63, 3.8) is 0 Å². The summed E-state index contributed by atoms with van der Waals surface area (Å²) < 4.78 is 10.8. The Balaban J connectivity index is 2.08. The van der Waals surface area contributed by atoms with E-state index in [-0.39, 0.29) is 18.0 Å². The Kier molecular flexibility index (Phi) is 6.20. The molecule has 144 valence electrons. The number of hydrogen-bond donors (Lipinski definition) is 1. The number of benzene rings is 1. The summed E-state index contributed by atoms with van der Waals surface area (Å²) in [6, 6.07) is 5.97. The monoisotopic (exact) mass is 368 g/mol. The van der Waals surface area contributed by atoms with E-state index in [9.17, 15) is 4.79 Å². The van der Waals surface area contributed by atoms with Crippen molar-refractivity contribution in [2.75, 3.05) is 34.4 Å². The zero-order valence-electron chi connectivity index (χ0n) is 16.4. The number of nitrogens with zero attached hydrogens (tertiary/aromatic N) is 1. The smallest absolute Gasteiger partial charge is 0.314 e. The van der Waals surface area contributed by atoms with Gasteiger partial charge in [-0.1, -0.05) is 5.92 Å². The number of carbonyl (C=O) groups excluding carboxylic acids is 1. The Hall–Kier alpha value is -2.29. The second-order valence-electron chi connectivity index (χ2n) is 7.30. The van der Waals surface area contributed by atoms with Crippen LogP contribution in [0.25, 0.3) is 10.9 Å². The van der Waals surface area contributed by atoms with Crippen LogP contribution < -0.4 is 0 Å². The molecule has 1 aromatic carbocycles. The van der Waals surface area contributed by atoms with Gasteiger partial charge in [-0.15, -0.1) is 6.42 Å². The molecule has 5 heteroatoms. The average molecular weight is 368 g/mol. The number of hydrogen-bond acceptors (Lipinski definition) is 4. The lowest BCUT2D eigenvalue weighted by Crippen LogP contribution is -2.31. The van der Waals surface area contributed by atoms with Crippen molar-refractivity contribution in [2.45, 2.75) is 37.7 Å². The SMILES string of the molecule is C#Cc1ccc2[nH]c3c(c2c1)CCN(C)CC(OC)CCCC3C(=O)OC. The molecule has 2 unspecified atom stereocenters. The third kappa shape index (κ3) is 4.18. The zero-order chi connectivity index (χ0) is 19.4. The van der Waals surface area contributed by atoms with Crippen LogP contribution in [-0.2, 0) is 20.7 Å². The van der Waals surface area contributed by atoms with Crippen molar-refractivity contribution >= 4 is 16.9 Å². The molecule has 1 aliphatic heterocycles. The van der Waals surface area contributed by atoms with E-state index in [1.165, 1.54) is 12.7 Å². The highest BCUT2D eigenvalue weighted by molar-refractivity contribution is 5.89. The molecule has 3 rings (SSSR count). The van der Waals surface area contributed by atoms with Gasteiger partial charge >= 0.3 is 5.97 Å². The van der Waals surface area contributed by atoms with Crippen LogP contribution in [0, 0.1) is 12.3 Å². The number of carbonyl (C=O) groups is 1. The van der Waals surface area contributed by atoms with Gasteiger partial charge in [0.15, 0.2) is 0 Å². The minimum absolute atomic E-state index is 0.175. The van der Waals surface area contributed by atoms with Crippen LogP contribution in [0.1, 0.15) is 42.0 Å². The fourth-order valence-corrected chi connectivity index (χ4v) is 4.02. The van der Waals surface area contributed by atoms with Gasteiger partial charge < -0.3 is 19.4 Å². The largest absolute Gasteiger partial charge is 0.469 e. The van der Waals surface area contributed by atoms with Crippen LogP contribution in [-0.4, -0.2) is 56.3 Å². The highest BCUT2D eigenvalue weighted by Crippen LogP contribution is 2.33. The lowest BCUT2D eigenvalue weighted by Gasteiger charge is -2.22. The number of aromatic amines is 1. The number of rotatable bonds is 2. The van der Waals surface area contributed by atoms with Crippen LogP contribution in [0.4, 0.5) is 0 Å². The molecule has 5 nitrogen and oxygen atoms in total. The number of terminal acetylenes is 1. The molecule has 1 aliphatic rings.